The molecule has 0 aromatic heterocycles. The molecule has 0 bridgehead atoms. The van der Waals surface area contributed by atoms with Gasteiger partial charge in [-0.25, -0.2) is 13.1 Å². The van der Waals surface area contributed by atoms with Crippen LogP contribution in [0, 0.1) is 13.8 Å². The smallest absolute Gasteiger partial charge is 0.307 e. The van der Waals surface area contributed by atoms with E-state index in [0.29, 0.717) is 5.02 Å². The molecule has 2 aromatic rings. The summed E-state index contributed by atoms with van der Waals surface area (Å²) in [4.78, 5) is 23.8. The van der Waals surface area contributed by atoms with E-state index in [1.807, 2.05) is 6.92 Å². The lowest BCUT2D eigenvalue weighted by Crippen LogP contribution is -2.28. The van der Waals surface area contributed by atoms with E-state index in [1.54, 1.807) is 31.2 Å². The van der Waals surface area contributed by atoms with Crippen LogP contribution in [0.1, 0.15) is 17.5 Å². The summed E-state index contributed by atoms with van der Waals surface area (Å²) in [6.45, 7) is 2.89. The number of anilines is 1. The van der Waals surface area contributed by atoms with Crippen LogP contribution in [0.15, 0.2) is 41.3 Å². The van der Waals surface area contributed by atoms with Gasteiger partial charge in [0.2, 0.25) is 10.0 Å². The van der Waals surface area contributed by atoms with Crippen molar-refractivity contribution in [2.24, 2.45) is 0 Å². The largest absolute Gasteiger partial charge is 0.456 e. The Labute approximate surface area is 179 Å². The number of amides is 1. The number of sulfonamides is 1. The molecule has 0 spiro atoms. The lowest BCUT2D eigenvalue weighted by Gasteiger charge is -2.11. The van der Waals surface area contributed by atoms with Crippen molar-refractivity contribution in [3.63, 3.8) is 0 Å². The molecule has 2 aromatic carbocycles. The summed E-state index contributed by atoms with van der Waals surface area (Å²) < 4.78 is 31.4. The highest BCUT2D eigenvalue weighted by atomic mass is 35.5. The summed E-state index contributed by atoms with van der Waals surface area (Å²) in [7, 11) is -3.72. The van der Waals surface area contributed by atoms with E-state index < -0.39 is 28.5 Å². The molecule has 0 saturated heterocycles. The number of nitrogens with one attached hydrogen (secondary N) is 2. The monoisotopic (exact) mass is 458 g/mol. The SMILES string of the molecule is Cc1ccc(S(=O)(=O)NCCC(=O)OCC(=O)Nc2c(Cl)ccc(C)c2Cl)cc1. The van der Waals surface area contributed by atoms with Gasteiger partial charge in [0, 0.05) is 6.54 Å². The summed E-state index contributed by atoms with van der Waals surface area (Å²) >= 11 is 12.1. The Balaban J connectivity index is 1.79. The Bertz CT molecular complexity index is 1010. The first kappa shape index (κ1) is 23.2. The molecule has 0 aliphatic rings. The molecular weight excluding hydrogens is 439 g/mol. The minimum absolute atomic E-state index is 0.0998. The lowest BCUT2D eigenvalue weighted by molar-refractivity contribution is -0.147. The Hall–Kier alpha value is -2.13. The molecule has 0 saturated carbocycles. The van der Waals surface area contributed by atoms with E-state index in [0.717, 1.165) is 11.1 Å². The van der Waals surface area contributed by atoms with Crippen LogP contribution in [0.3, 0.4) is 0 Å². The number of benzene rings is 2. The summed E-state index contributed by atoms with van der Waals surface area (Å²) in [5.41, 5.74) is 1.89. The Morgan fingerprint density at radius 1 is 1.03 bits per heavy atom. The van der Waals surface area contributed by atoms with Gasteiger partial charge in [0.1, 0.15) is 0 Å². The van der Waals surface area contributed by atoms with E-state index in [9.17, 15) is 18.0 Å². The first-order valence-corrected chi connectivity index (χ1v) is 10.8. The molecule has 0 unspecified atom stereocenters. The molecule has 0 aliphatic carbocycles. The first-order valence-electron chi connectivity index (χ1n) is 8.56. The second-order valence-electron chi connectivity index (χ2n) is 6.22. The highest BCUT2D eigenvalue weighted by Gasteiger charge is 2.16. The molecule has 1 amide bonds. The third-order valence-electron chi connectivity index (χ3n) is 3.87. The zero-order valence-electron chi connectivity index (χ0n) is 15.8. The van der Waals surface area contributed by atoms with Gasteiger partial charge >= 0.3 is 5.97 Å². The summed E-state index contributed by atoms with van der Waals surface area (Å²) in [5.74, 6) is -1.35. The number of carbonyl (C=O) groups excluding carboxylic acids is 2. The minimum atomic E-state index is -3.72. The number of carbonyl (C=O) groups is 2. The predicted molar refractivity (Wildman–Crippen MR) is 112 cm³/mol. The predicted octanol–water partition coefficient (Wildman–Crippen LogP) is 3.46. The number of halogens is 2. The van der Waals surface area contributed by atoms with Crippen molar-refractivity contribution in [1.29, 1.82) is 0 Å². The van der Waals surface area contributed by atoms with Crippen molar-refractivity contribution < 1.29 is 22.7 Å². The molecule has 156 valence electrons. The third kappa shape index (κ3) is 6.71. The van der Waals surface area contributed by atoms with Crippen LogP contribution in [-0.2, 0) is 24.3 Å². The minimum Gasteiger partial charge on any atom is -0.456 e. The van der Waals surface area contributed by atoms with Gasteiger partial charge in [-0.05, 0) is 37.6 Å². The van der Waals surface area contributed by atoms with E-state index in [2.05, 4.69) is 10.0 Å². The summed E-state index contributed by atoms with van der Waals surface area (Å²) in [6.07, 6.45) is -0.232. The third-order valence-corrected chi connectivity index (χ3v) is 6.14. The van der Waals surface area contributed by atoms with Crippen molar-refractivity contribution in [2.45, 2.75) is 25.2 Å². The molecule has 0 radical (unpaired) electrons. The van der Waals surface area contributed by atoms with Crippen LogP contribution >= 0.6 is 23.2 Å². The van der Waals surface area contributed by atoms with Gasteiger partial charge in [-0.3, -0.25) is 9.59 Å². The number of ether oxygens (including phenoxy) is 1. The fourth-order valence-electron chi connectivity index (χ4n) is 2.25. The van der Waals surface area contributed by atoms with Crippen LogP contribution in [0.2, 0.25) is 10.0 Å². The van der Waals surface area contributed by atoms with E-state index in [4.69, 9.17) is 27.9 Å². The van der Waals surface area contributed by atoms with E-state index >= 15 is 0 Å². The molecule has 29 heavy (non-hydrogen) atoms. The Morgan fingerprint density at radius 2 is 1.69 bits per heavy atom. The number of rotatable bonds is 8. The van der Waals surface area contributed by atoms with Crippen molar-refractivity contribution in [1.82, 2.24) is 4.72 Å². The zero-order valence-corrected chi connectivity index (χ0v) is 18.1. The van der Waals surface area contributed by atoms with Gasteiger partial charge in [-0.1, -0.05) is 47.0 Å². The fourth-order valence-corrected chi connectivity index (χ4v) is 3.75. The summed E-state index contributed by atoms with van der Waals surface area (Å²) in [6, 6.07) is 9.59. The van der Waals surface area contributed by atoms with Crippen LogP contribution in [0.25, 0.3) is 0 Å². The standard InChI is InChI=1S/C19H20Cl2N2O5S/c1-12-3-6-14(7-4-12)29(26,27)22-10-9-17(25)28-11-16(24)23-19-15(20)8-5-13(2)18(19)21/h3-8,22H,9-11H2,1-2H3,(H,23,24). The van der Waals surface area contributed by atoms with Gasteiger partial charge in [0.25, 0.3) is 5.91 Å². The topological polar surface area (TPSA) is 102 Å². The molecule has 0 fully saturated rings. The molecule has 10 heteroatoms. The van der Waals surface area contributed by atoms with Crippen LogP contribution in [0.4, 0.5) is 5.69 Å². The Kier molecular flexibility index (Phi) is 8.04. The van der Waals surface area contributed by atoms with Gasteiger partial charge in [0.15, 0.2) is 6.61 Å². The maximum Gasteiger partial charge on any atom is 0.307 e. The average molecular weight is 459 g/mol. The normalized spacial score (nSPS) is 11.2. The number of hydrogen-bond acceptors (Lipinski definition) is 5. The second-order valence-corrected chi connectivity index (χ2v) is 8.78. The van der Waals surface area contributed by atoms with Crippen LogP contribution in [0.5, 0.6) is 0 Å². The first-order chi connectivity index (χ1) is 13.6. The maximum atomic E-state index is 12.1. The molecule has 7 nitrogen and oxygen atoms in total. The molecule has 2 rings (SSSR count). The highest BCUT2D eigenvalue weighted by molar-refractivity contribution is 7.89. The zero-order chi connectivity index (χ0) is 21.6. The van der Waals surface area contributed by atoms with Crippen molar-refractivity contribution in [3.8, 4) is 0 Å². The molecule has 2 N–H and O–H groups in total. The van der Waals surface area contributed by atoms with Gasteiger partial charge in [-0.2, -0.15) is 0 Å². The van der Waals surface area contributed by atoms with Crippen LogP contribution in [-0.4, -0.2) is 33.4 Å². The van der Waals surface area contributed by atoms with E-state index in [1.165, 1.54) is 12.1 Å². The Morgan fingerprint density at radius 3 is 2.34 bits per heavy atom. The maximum absolute atomic E-state index is 12.1. The summed E-state index contributed by atoms with van der Waals surface area (Å²) in [5, 5.41) is 3.04. The molecule has 0 heterocycles. The lowest BCUT2D eigenvalue weighted by atomic mass is 10.2. The van der Waals surface area contributed by atoms with Crippen molar-refractivity contribution in [3.05, 3.63) is 57.6 Å². The molecule has 0 aliphatic heterocycles. The van der Waals surface area contributed by atoms with E-state index in [-0.39, 0.29) is 28.6 Å². The van der Waals surface area contributed by atoms with Crippen molar-refractivity contribution >= 4 is 50.8 Å². The van der Waals surface area contributed by atoms with Gasteiger partial charge in [0.05, 0.1) is 27.0 Å². The number of aryl methyl sites for hydroxylation is 2. The average Bonchev–Trinajstić information content (AvgIpc) is 2.67. The molecular formula is C19H20Cl2N2O5S. The second kappa shape index (κ2) is 10.1. The quantitative estimate of drug-likeness (QED) is 0.589. The van der Waals surface area contributed by atoms with Crippen molar-refractivity contribution in [2.75, 3.05) is 18.5 Å². The number of hydrogen-bond donors (Lipinski definition) is 2. The fraction of sp³-hybridized carbons (Fsp3) is 0.263. The van der Waals surface area contributed by atoms with Crippen LogP contribution < -0.4 is 10.0 Å². The molecule has 0 atom stereocenters. The number of esters is 1. The van der Waals surface area contributed by atoms with Gasteiger partial charge < -0.3 is 10.1 Å². The highest BCUT2D eigenvalue weighted by Crippen LogP contribution is 2.32. The van der Waals surface area contributed by atoms with Gasteiger partial charge in [-0.15, -0.1) is 0 Å².